The van der Waals surface area contributed by atoms with E-state index in [1.54, 1.807) is 53.4 Å². The van der Waals surface area contributed by atoms with Crippen molar-refractivity contribution in [3.05, 3.63) is 94.3 Å². The molecule has 8 nitrogen and oxygen atoms in total. The van der Waals surface area contributed by atoms with Gasteiger partial charge in [-0.3, -0.25) is 19.3 Å². The van der Waals surface area contributed by atoms with E-state index in [0.29, 0.717) is 45.7 Å². The molecular formula is C30H29N5O3. The highest BCUT2D eigenvalue weighted by Gasteiger charge is 2.23. The third-order valence-electron chi connectivity index (χ3n) is 6.34. The number of rotatable bonds is 6. The molecule has 0 unspecified atom stereocenters. The van der Waals surface area contributed by atoms with E-state index in [0.717, 1.165) is 11.3 Å². The van der Waals surface area contributed by atoms with Crippen LogP contribution in [-0.2, 0) is 12.0 Å². The summed E-state index contributed by atoms with van der Waals surface area (Å²) in [5.41, 5.74) is 3.89. The maximum atomic E-state index is 13.4. The second kappa shape index (κ2) is 9.70. The number of aromatic amines is 1. The molecule has 1 aliphatic heterocycles. The van der Waals surface area contributed by atoms with Gasteiger partial charge in [-0.2, -0.15) is 5.10 Å². The minimum Gasteiger partial charge on any atom is -0.494 e. The second-order valence-electron chi connectivity index (χ2n) is 10.4. The van der Waals surface area contributed by atoms with E-state index >= 15 is 0 Å². The van der Waals surface area contributed by atoms with Crippen LogP contribution in [0, 0.1) is 6.92 Å². The summed E-state index contributed by atoms with van der Waals surface area (Å²) in [7, 11) is 0. The number of H-pyrrole nitrogens is 1. The zero-order valence-corrected chi connectivity index (χ0v) is 21.8. The van der Waals surface area contributed by atoms with Gasteiger partial charge in [-0.25, -0.2) is 4.99 Å². The molecule has 2 N–H and O–H groups in total. The molecule has 4 aromatic rings. The van der Waals surface area contributed by atoms with Gasteiger partial charge >= 0.3 is 0 Å². The summed E-state index contributed by atoms with van der Waals surface area (Å²) < 4.78 is 1.76. The maximum Gasteiger partial charge on any atom is 0.198 e. The monoisotopic (exact) mass is 507 g/mol. The average Bonchev–Trinajstić information content (AvgIpc) is 3.60. The summed E-state index contributed by atoms with van der Waals surface area (Å²) in [6, 6.07) is 14.2. The molecule has 192 valence electrons. The van der Waals surface area contributed by atoms with Crippen LogP contribution in [0.25, 0.3) is 10.9 Å². The summed E-state index contributed by atoms with van der Waals surface area (Å²) in [6.07, 6.45) is 5.42. The lowest BCUT2D eigenvalue weighted by molar-refractivity contribution is 0.0973. The maximum absolute atomic E-state index is 13.4. The lowest BCUT2D eigenvalue weighted by Gasteiger charge is -2.22. The zero-order chi connectivity index (χ0) is 27.0. The predicted molar refractivity (Wildman–Crippen MR) is 149 cm³/mol. The van der Waals surface area contributed by atoms with Gasteiger partial charge in [-0.15, -0.1) is 0 Å². The summed E-state index contributed by atoms with van der Waals surface area (Å²) >= 11 is 0. The van der Waals surface area contributed by atoms with Gasteiger partial charge in [-0.1, -0.05) is 24.3 Å². The van der Waals surface area contributed by atoms with E-state index < -0.39 is 0 Å². The Kier molecular flexibility index (Phi) is 6.40. The fourth-order valence-corrected chi connectivity index (χ4v) is 4.52. The van der Waals surface area contributed by atoms with Crippen LogP contribution in [0.5, 0.6) is 5.88 Å². The number of hydrogen-bond donors (Lipinski definition) is 2. The van der Waals surface area contributed by atoms with Crippen LogP contribution in [0.1, 0.15) is 64.0 Å². The number of aryl methyl sites for hydroxylation is 1. The fourth-order valence-electron chi connectivity index (χ4n) is 4.52. The van der Waals surface area contributed by atoms with Gasteiger partial charge in [0.25, 0.3) is 0 Å². The minimum atomic E-state index is -0.326. The Hall–Kier alpha value is -4.59. The largest absolute Gasteiger partial charge is 0.494 e. The molecule has 0 fully saturated rings. The molecule has 1 aliphatic rings. The Balaban J connectivity index is 1.41. The number of carbonyl (C=O) groups is 2. The van der Waals surface area contributed by atoms with E-state index in [4.69, 9.17) is 0 Å². The highest BCUT2D eigenvalue weighted by molar-refractivity contribution is 6.13. The molecule has 38 heavy (non-hydrogen) atoms. The van der Waals surface area contributed by atoms with Gasteiger partial charge in [0, 0.05) is 34.7 Å². The molecule has 0 radical (unpaired) electrons. The average molecular weight is 508 g/mol. The van der Waals surface area contributed by atoms with Crippen molar-refractivity contribution in [2.24, 2.45) is 9.98 Å². The molecule has 5 rings (SSSR count). The van der Waals surface area contributed by atoms with Gasteiger partial charge in [0.2, 0.25) is 0 Å². The summed E-state index contributed by atoms with van der Waals surface area (Å²) in [5, 5.41) is 15.6. The SMILES string of the molecule is Cc1cc(C(=O)Cc2cccc(C(=O)c3ccc4[nH]c(O)c(C=NC5=NCC=C5)c4c3)c2)n(C(C)(C)C)n1. The van der Waals surface area contributed by atoms with Crippen LogP contribution in [0.3, 0.4) is 0 Å². The number of nitrogens with zero attached hydrogens (tertiary/aromatic N) is 4. The molecule has 3 heterocycles. The molecule has 0 amide bonds. The first-order valence-corrected chi connectivity index (χ1v) is 12.4. The highest BCUT2D eigenvalue weighted by atomic mass is 16.3. The summed E-state index contributed by atoms with van der Waals surface area (Å²) in [4.78, 5) is 38.1. The third kappa shape index (κ3) is 4.98. The predicted octanol–water partition coefficient (Wildman–Crippen LogP) is 5.18. The lowest BCUT2D eigenvalue weighted by atomic mass is 9.97. The summed E-state index contributed by atoms with van der Waals surface area (Å²) in [6.45, 7) is 8.49. The van der Waals surface area contributed by atoms with Crippen LogP contribution >= 0.6 is 0 Å². The van der Waals surface area contributed by atoms with E-state index in [9.17, 15) is 14.7 Å². The molecule has 2 aromatic carbocycles. The molecule has 0 saturated heterocycles. The second-order valence-corrected chi connectivity index (χ2v) is 10.4. The Morgan fingerprint density at radius 2 is 1.92 bits per heavy atom. The quantitative estimate of drug-likeness (QED) is 0.277. The first kappa shape index (κ1) is 25.1. The third-order valence-corrected chi connectivity index (χ3v) is 6.34. The number of nitrogens with one attached hydrogen (secondary N) is 1. The topological polar surface area (TPSA) is 113 Å². The number of aromatic nitrogens is 3. The van der Waals surface area contributed by atoms with Crippen LogP contribution < -0.4 is 0 Å². The van der Waals surface area contributed by atoms with E-state index in [2.05, 4.69) is 20.1 Å². The zero-order valence-electron chi connectivity index (χ0n) is 21.8. The standard InChI is InChI=1S/C30H29N5O3/c1-18-13-25(35(34-18)30(2,3)4)26(36)15-19-7-5-8-20(14-19)28(37)21-10-11-24-22(16-21)23(29(38)33-24)17-32-27-9-6-12-31-27/h5-11,13-14,16-17,33,38H,12,15H2,1-4H3. The van der Waals surface area contributed by atoms with Crippen molar-refractivity contribution >= 4 is 34.5 Å². The van der Waals surface area contributed by atoms with Crippen LogP contribution in [0.15, 0.2) is 70.7 Å². The molecule has 8 heteroatoms. The number of hydrogen-bond acceptors (Lipinski definition) is 6. The number of fused-ring (bicyclic) bond motifs is 1. The number of aliphatic imine (C=N–C) groups is 2. The first-order valence-electron chi connectivity index (χ1n) is 12.4. The van der Waals surface area contributed by atoms with Crippen molar-refractivity contribution in [1.29, 1.82) is 0 Å². The van der Waals surface area contributed by atoms with Gasteiger partial charge in [0.05, 0.1) is 23.3 Å². The van der Waals surface area contributed by atoms with Crippen molar-refractivity contribution in [2.45, 2.75) is 39.7 Å². The molecule has 0 saturated carbocycles. The Morgan fingerprint density at radius 1 is 1.13 bits per heavy atom. The number of ketones is 2. The smallest absolute Gasteiger partial charge is 0.198 e. The molecule has 0 spiro atoms. The van der Waals surface area contributed by atoms with Crippen LogP contribution in [0.4, 0.5) is 0 Å². The van der Waals surface area contributed by atoms with Crippen molar-refractivity contribution in [3.63, 3.8) is 0 Å². The van der Waals surface area contributed by atoms with E-state index in [1.807, 2.05) is 45.9 Å². The Morgan fingerprint density at radius 3 is 2.66 bits per heavy atom. The fraction of sp³-hybridized carbons (Fsp3) is 0.233. The molecule has 0 bridgehead atoms. The summed E-state index contributed by atoms with van der Waals surface area (Å²) in [5.74, 6) is 0.322. The molecule has 2 aromatic heterocycles. The van der Waals surface area contributed by atoms with Gasteiger partial charge in [-0.05, 0) is 69.7 Å². The molecule has 0 atom stereocenters. The van der Waals surface area contributed by atoms with Crippen molar-refractivity contribution in [2.75, 3.05) is 6.54 Å². The van der Waals surface area contributed by atoms with Gasteiger partial charge in [0.1, 0.15) is 11.5 Å². The van der Waals surface area contributed by atoms with Crippen LogP contribution in [-0.4, -0.2) is 50.0 Å². The van der Waals surface area contributed by atoms with Crippen molar-refractivity contribution in [1.82, 2.24) is 14.8 Å². The number of aromatic hydroxyl groups is 1. The van der Waals surface area contributed by atoms with Crippen molar-refractivity contribution < 1.29 is 14.7 Å². The number of carbonyl (C=O) groups excluding carboxylic acids is 2. The number of benzene rings is 2. The van der Waals surface area contributed by atoms with E-state index in [-0.39, 0.29) is 29.4 Å². The van der Waals surface area contributed by atoms with E-state index in [1.165, 1.54) is 0 Å². The molecular weight excluding hydrogens is 478 g/mol. The highest BCUT2D eigenvalue weighted by Crippen LogP contribution is 2.28. The number of amidine groups is 1. The normalized spacial score (nSPS) is 13.5. The number of Topliss-reactive ketones (excluding diaryl/α,β-unsaturated/α-hetero) is 1. The molecule has 0 aliphatic carbocycles. The minimum absolute atomic E-state index is 0.0267. The van der Waals surface area contributed by atoms with Gasteiger partial charge < -0.3 is 10.1 Å². The lowest BCUT2D eigenvalue weighted by Crippen LogP contribution is -2.27. The Bertz CT molecular complexity index is 1660. The Labute approximate surface area is 220 Å². The van der Waals surface area contributed by atoms with Crippen molar-refractivity contribution in [3.8, 4) is 5.88 Å². The van der Waals surface area contributed by atoms with Gasteiger partial charge in [0.15, 0.2) is 17.4 Å². The first-order chi connectivity index (χ1) is 18.1. The van der Waals surface area contributed by atoms with Crippen LogP contribution in [0.2, 0.25) is 0 Å².